The molecule has 0 aliphatic carbocycles. The third kappa shape index (κ3) is 5.75. The van der Waals surface area contributed by atoms with E-state index in [2.05, 4.69) is 5.32 Å². The first kappa shape index (κ1) is 17.5. The molecule has 1 aromatic rings. The van der Waals surface area contributed by atoms with Gasteiger partial charge in [-0.2, -0.15) is 0 Å². The minimum Gasteiger partial charge on any atom is -0.480 e. The molecule has 0 spiro atoms. The summed E-state index contributed by atoms with van der Waals surface area (Å²) in [6.07, 6.45) is 0.820. The second kappa shape index (κ2) is 8.67. The van der Waals surface area contributed by atoms with Crippen molar-refractivity contribution in [3.05, 3.63) is 30.1 Å². The van der Waals surface area contributed by atoms with Crippen LogP contribution in [0.3, 0.4) is 0 Å². The number of rotatable bonds is 8. The Balaban J connectivity index is 2.43. The average Bonchev–Trinajstić information content (AvgIpc) is 2.45. The number of halogens is 1. The first-order valence-corrected chi connectivity index (χ1v) is 7.83. The number of amides is 1. The molecule has 0 fully saturated rings. The Kier molecular flexibility index (Phi) is 7.22. The van der Waals surface area contributed by atoms with E-state index in [0.29, 0.717) is 17.1 Å². The molecule has 4 nitrogen and oxygen atoms in total. The fourth-order valence-electron chi connectivity index (χ4n) is 1.74. The van der Waals surface area contributed by atoms with E-state index in [1.165, 1.54) is 17.8 Å². The average molecular weight is 313 g/mol. The molecule has 0 aliphatic heterocycles. The molecule has 0 heterocycles. The van der Waals surface area contributed by atoms with Crippen molar-refractivity contribution < 1.29 is 19.1 Å². The van der Waals surface area contributed by atoms with Crippen molar-refractivity contribution in [1.82, 2.24) is 5.32 Å². The molecule has 6 heteroatoms. The van der Waals surface area contributed by atoms with Gasteiger partial charge in [-0.25, -0.2) is 9.18 Å². The summed E-state index contributed by atoms with van der Waals surface area (Å²) < 4.78 is 13.4. The lowest BCUT2D eigenvalue weighted by Gasteiger charge is -2.20. The standard InChI is InChI=1S/C15H20FNO3S/c1-3-10(2)14(15(19)20)17-13(18)8-9-21-12-7-5-4-6-11(12)16/h4-7,10,14H,3,8-9H2,1-2H3,(H,17,18)(H,19,20)/t10?,14-/m0/s1. The van der Waals surface area contributed by atoms with E-state index in [1.807, 2.05) is 6.92 Å². The normalized spacial score (nSPS) is 13.5. The smallest absolute Gasteiger partial charge is 0.326 e. The molecule has 0 saturated carbocycles. The number of carbonyl (C=O) groups excluding carboxylic acids is 1. The van der Waals surface area contributed by atoms with Gasteiger partial charge in [-0.15, -0.1) is 11.8 Å². The van der Waals surface area contributed by atoms with Gasteiger partial charge in [0.05, 0.1) is 0 Å². The highest BCUT2D eigenvalue weighted by Gasteiger charge is 2.24. The maximum atomic E-state index is 13.4. The van der Waals surface area contributed by atoms with Crippen LogP contribution in [0, 0.1) is 11.7 Å². The van der Waals surface area contributed by atoms with E-state index < -0.39 is 12.0 Å². The molecular formula is C15H20FNO3S. The molecule has 21 heavy (non-hydrogen) atoms. The number of nitrogens with one attached hydrogen (secondary N) is 1. The topological polar surface area (TPSA) is 66.4 Å². The first-order valence-electron chi connectivity index (χ1n) is 6.85. The Bertz CT molecular complexity index is 496. The zero-order valence-electron chi connectivity index (χ0n) is 12.1. The molecule has 1 unspecified atom stereocenters. The highest BCUT2D eigenvalue weighted by atomic mass is 32.2. The van der Waals surface area contributed by atoms with Crippen LogP contribution in [0.1, 0.15) is 26.7 Å². The van der Waals surface area contributed by atoms with Crippen molar-refractivity contribution in [2.45, 2.75) is 37.6 Å². The number of hydrogen-bond donors (Lipinski definition) is 2. The molecule has 0 radical (unpaired) electrons. The molecule has 2 atom stereocenters. The van der Waals surface area contributed by atoms with Crippen LogP contribution in [-0.4, -0.2) is 28.8 Å². The minimum absolute atomic E-state index is 0.134. The summed E-state index contributed by atoms with van der Waals surface area (Å²) >= 11 is 1.24. The largest absolute Gasteiger partial charge is 0.480 e. The zero-order chi connectivity index (χ0) is 15.8. The lowest BCUT2D eigenvalue weighted by Crippen LogP contribution is -2.45. The van der Waals surface area contributed by atoms with Gasteiger partial charge >= 0.3 is 5.97 Å². The molecule has 2 N–H and O–H groups in total. The van der Waals surface area contributed by atoms with E-state index in [-0.39, 0.29) is 24.1 Å². The monoisotopic (exact) mass is 313 g/mol. The minimum atomic E-state index is -1.03. The number of aliphatic carboxylic acids is 1. The van der Waals surface area contributed by atoms with Gasteiger partial charge in [-0.05, 0) is 18.1 Å². The SMILES string of the molecule is CCC(C)[C@H](NC(=O)CCSc1ccccc1F)C(=O)O. The Morgan fingerprint density at radius 1 is 1.38 bits per heavy atom. The third-order valence-corrected chi connectivity index (χ3v) is 4.27. The van der Waals surface area contributed by atoms with Gasteiger partial charge in [0.1, 0.15) is 11.9 Å². The van der Waals surface area contributed by atoms with E-state index in [1.54, 1.807) is 25.1 Å². The number of benzene rings is 1. The molecule has 1 rings (SSSR count). The quantitative estimate of drug-likeness (QED) is 0.724. The van der Waals surface area contributed by atoms with Crippen LogP contribution in [0.2, 0.25) is 0 Å². The van der Waals surface area contributed by atoms with Crippen LogP contribution >= 0.6 is 11.8 Å². The lowest BCUT2D eigenvalue weighted by atomic mass is 9.99. The van der Waals surface area contributed by atoms with Crippen LogP contribution in [0.4, 0.5) is 4.39 Å². The van der Waals surface area contributed by atoms with Crippen molar-refractivity contribution in [2.75, 3.05) is 5.75 Å². The summed E-state index contributed by atoms with van der Waals surface area (Å²) in [5.74, 6) is -1.40. The van der Waals surface area contributed by atoms with Crippen molar-refractivity contribution >= 4 is 23.6 Å². The van der Waals surface area contributed by atoms with Crippen LogP contribution in [-0.2, 0) is 9.59 Å². The summed E-state index contributed by atoms with van der Waals surface area (Å²) in [6, 6.07) is 5.48. The van der Waals surface area contributed by atoms with E-state index in [0.717, 1.165) is 0 Å². The highest BCUT2D eigenvalue weighted by Crippen LogP contribution is 2.21. The first-order chi connectivity index (χ1) is 9.95. The van der Waals surface area contributed by atoms with Gasteiger partial charge < -0.3 is 10.4 Å². The fourth-order valence-corrected chi connectivity index (χ4v) is 2.63. The molecule has 0 aliphatic rings. The Hall–Kier alpha value is -1.56. The van der Waals surface area contributed by atoms with Crippen LogP contribution in [0.15, 0.2) is 29.2 Å². The number of carboxylic acids is 1. The van der Waals surface area contributed by atoms with E-state index in [4.69, 9.17) is 5.11 Å². The Morgan fingerprint density at radius 2 is 2.05 bits per heavy atom. The number of carboxylic acid groups (broad SMARTS) is 1. The van der Waals surface area contributed by atoms with Gasteiger partial charge in [0, 0.05) is 17.1 Å². The van der Waals surface area contributed by atoms with Crippen molar-refractivity contribution in [2.24, 2.45) is 5.92 Å². The van der Waals surface area contributed by atoms with E-state index in [9.17, 15) is 14.0 Å². The Labute approximate surface area is 128 Å². The maximum absolute atomic E-state index is 13.4. The second-order valence-corrected chi connectivity index (χ2v) is 5.93. The number of hydrogen-bond acceptors (Lipinski definition) is 3. The highest BCUT2D eigenvalue weighted by molar-refractivity contribution is 7.99. The lowest BCUT2D eigenvalue weighted by molar-refractivity contribution is -0.143. The second-order valence-electron chi connectivity index (χ2n) is 4.80. The van der Waals surface area contributed by atoms with Crippen LogP contribution < -0.4 is 5.32 Å². The predicted molar refractivity (Wildman–Crippen MR) is 80.8 cm³/mol. The summed E-state index contributed by atoms with van der Waals surface area (Å²) in [4.78, 5) is 23.4. The molecule has 0 aromatic heterocycles. The molecule has 0 bridgehead atoms. The van der Waals surface area contributed by atoms with Crippen LogP contribution in [0.5, 0.6) is 0 Å². The number of carbonyl (C=O) groups is 2. The fraction of sp³-hybridized carbons (Fsp3) is 0.467. The van der Waals surface area contributed by atoms with Gasteiger partial charge in [0.15, 0.2) is 0 Å². The summed E-state index contributed by atoms with van der Waals surface area (Å²) in [7, 11) is 0. The van der Waals surface area contributed by atoms with Gasteiger partial charge in [0.2, 0.25) is 5.91 Å². The zero-order valence-corrected chi connectivity index (χ0v) is 13.0. The van der Waals surface area contributed by atoms with Gasteiger partial charge in [0.25, 0.3) is 0 Å². The van der Waals surface area contributed by atoms with E-state index >= 15 is 0 Å². The summed E-state index contributed by atoms with van der Waals surface area (Å²) in [6.45, 7) is 3.66. The van der Waals surface area contributed by atoms with Gasteiger partial charge in [-0.3, -0.25) is 4.79 Å². The third-order valence-electron chi connectivity index (χ3n) is 3.22. The van der Waals surface area contributed by atoms with Crippen molar-refractivity contribution in [3.8, 4) is 0 Å². The number of thioether (sulfide) groups is 1. The van der Waals surface area contributed by atoms with Crippen molar-refractivity contribution in [3.63, 3.8) is 0 Å². The molecule has 1 aromatic carbocycles. The maximum Gasteiger partial charge on any atom is 0.326 e. The summed E-state index contributed by atoms with van der Waals surface area (Å²) in [5.41, 5.74) is 0. The molecular weight excluding hydrogens is 293 g/mol. The molecule has 0 saturated heterocycles. The molecule has 116 valence electrons. The van der Waals surface area contributed by atoms with Gasteiger partial charge in [-0.1, -0.05) is 32.4 Å². The predicted octanol–water partition coefficient (Wildman–Crippen LogP) is 2.92. The summed E-state index contributed by atoms with van der Waals surface area (Å²) in [5, 5.41) is 11.6. The van der Waals surface area contributed by atoms with Crippen LogP contribution in [0.25, 0.3) is 0 Å². The Morgan fingerprint density at radius 3 is 2.62 bits per heavy atom. The molecule has 1 amide bonds. The van der Waals surface area contributed by atoms with Crippen molar-refractivity contribution in [1.29, 1.82) is 0 Å².